The van der Waals surface area contributed by atoms with Gasteiger partial charge in [-0.05, 0) is 24.6 Å². The van der Waals surface area contributed by atoms with E-state index in [0.717, 1.165) is 0 Å². The fraction of sp³-hybridized carbons (Fsp3) is 0.238. The fourth-order valence-corrected chi connectivity index (χ4v) is 2.95. The zero-order valence-corrected chi connectivity index (χ0v) is 15.8. The zero-order chi connectivity index (χ0) is 20.1. The third-order valence-corrected chi connectivity index (χ3v) is 4.42. The number of rotatable bonds is 7. The minimum atomic E-state index is -0.606. The van der Waals surface area contributed by atoms with Gasteiger partial charge in [0.1, 0.15) is 11.5 Å². The van der Waals surface area contributed by atoms with Gasteiger partial charge in [-0.3, -0.25) is 9.59 Å². The summed E-state index contributed by atoms with van der Waals surface area (Å²) in [6, 6.07) is 14.2. The molecular weight excluding hydrogens is 360 g/mol. The first kappa shape index (κ1) is 19.3. The number of amides is 1. The molecule has 0 aliphatic carbocycles. The number of aromatic hydroxyl groups is 1. The first-order chi connectivity index (χ1) is 13.5. The summed E-state index contributed by atoms with van der Waals surface area (Å²) in [7, 11) is 3.15. The van der Waals surface area contributed by atoms with E-state index < -0.39 is 17.2 Å². The van der Waals surface area contributed by atoms with Crippen LogP contribution in [0.2, 0.25) is 0 Å². The average Bonchev–Trinajstić information content (AvgIpc) is 2.72. The van der Waals surface area contributed by atoms with Gasteiger partial charge in [-0.1, -0.05) is 24.3 Å². The summed E-state index contributed by atoms with van der Waals surface area (Å²) in [4.78, 5) is 24.8. The van der Waals surface area contributed by atoms with Crippen molar-refractivity contribution in [3.63, 3.8) is 0 Å². The Balaban J connectivity index is 1.63. The van der Waals surface area contributed by atoms with Gasteiger partial charge < -0.3 is 24.5 Å². The predicted octanol–water partition coefficient (Wildman–Crippen LogP) is 2.45. The summed E-state index contributed by atoms with van der Waals surface area (Å²) in [5, 5.41) is 13.5. The Morgan fingerprint density at radius 3 is 2.68 bits per heavy atom. The second-order valence-electron chi connectivity index (χ2n) is 6.24. The van der Waals surface area contributed by atoms with Crippen LogP contribution < -0.4 is 20.3 Å². The van der Waals surface area contributed by atoms with Crippen molar-refractivity contribution in [3.8, 4) is 17.2 Å². The van der Waals surface area contributed by atoms with E-state index in [4.69, 9.17) is 9.47 Å². The monoisotopic (exact) mass is 382 g/mol. The van der Waals surface area contributed by atoms with Crippen molar-refractivity contribution in [1.29, 1.82) is 0 Å². The maximum absolute atomic E-state index is 12.6. The minimum Gasteiger partial charge on any atom is -0.502 e. The molecule has 3 aromatic rings. The number of carbonyl (C=O) groups excluding carboxylic acids is 1. The first-order valence-corrected chi connectivity index (χ1v) is 8.88. The summed E-state index contributed by atoms with van der Waals surface area (Å²) < 4.78 is 12.1. The number of nitrogens with one attached hydrogen (secondary N) is 1. The molecule has 1 amide bonds. The maximum Gasteiger partial charge on any atom is 0.293 e. The van der Waals surface area contributed by atoms with Crippen LogP contribution >= 0.6 is 0 Å². The Kier molecular flexibility index (Phi) is 5.84. The third kappa shape index (κ3) is 3.93. The molecule has 0 saturated carbocycles. The molecule has 7 nitrogen and oxygen atoms in total. The lowest BCUT2D eigenvalue weighted by molar-refractivity contribution is 0.0950. The molecule has 0 bridgehead atoms. The number of para-hydroxylation sites is 1. The number of hydrogen-bond acceptors (Lipinski definition) is 5. The number of ether oxygens (including phenoxy) is 2. The predicted molar refractivity (Wildman–Crippen MR) is 106 cm³/mol. The van der Waals surface area contributed by atoms with Crippen molar-refractivity contribution in [2.24, 2.45) is 7.05 Å². The summed E-state index contributed by atoms with van der Waals surface area (Å²) in [5.74, 6) is 0.346. The molecule has 0 fully saturated rings. The van der Waals surface area contributed by atoms with Gasteiger partial charge in [-0.25, -0.2) is 0 Å². The highest BCUT2D eigenvalue weighted by molar-refractivity contribution is 6.08. The Bertz CT molecular complexity index is 1060. The molecule has 0 radical (unpaired) electrons. The quantitative estimate of drug-likeness (QED) is 0.613. The highest BCUT2D eigenvalue weighted by Crippen LogP contribution is 2.23. The van der Waals surface area contributed by atoms with Gasteiger partial charge >= 0.3 is 0 Å². The highest BCUT2D eigenvalue weighted by Gasteiger charge is 2.20. The standard InChI is InChI=1S/C21H22N2O5/c1-23-17-10-4-3-9-16(17)18(19(24)21(23)26)20(25)22-11-6-12-28-15-8-5-7-14(13-15)27-2/h3-5,7-10,13,24H,6,11-12H2,1-2H3,(H,22,25). The van der Waals surface area contributed by atoms with Crippen molar-refractivity contribution < 1.29 is 19.4 Å². The molecular formula is C21H22N2O5. The number of nitrogens with zero attached hydrogens (tertiary/aromatic N) is 1. The van der Waals surface area contributed by atoms with Gasteiger partial charge in [0.05, 0.1) is 24.8 Å². The van der Waals surface area contributed by atoms with Crippen LogP contribution in [0.5, 0.6) is 17.2 Å². The number of methoxy groups -OCH3 is 1. The molecule has 1 aromatic heterocycles. The first-order valence-electron chi connectivity index (χ1n) is 8.88. The highest BCUT2D eigenvalue weighted by atomic mass is 16.5. The van der Waals surface area contributed by atoms with Gasteiger partial charge in [0, 0.05) is 25.0 Å². The molecule has 0 saturated heterocycles. The van der Waals surface area contributed by atoms with Crippen LogP contribution in [0.15, 0.2) is 53.3 Å². The molecule has 146 valence electrons. The largest absolute Gasteiger partial charge is 0.502 e. The molecule has 0 aliphatic rings. The molecule has 2 aromatic carbocycles. The third-order valence-electron chi connectivity index (χ3n) is 4.42. The van der Waals surface area contributed by atoms with E-state index >= 15 is 0 Å². The Labute approximate surface area is 162 Å². The summed E-state index contributed by atoms with van der Waals surface area (Å²) >= 11 is 0. The molecule has 3 rings (SSSR count). The molecule has 2 N–H and O–H groups in total. The van der Waals surface area contributed by atoms with E-state index in [-0.39, 0.29) is 5.56 Å². The number of pyridine rings is 1. The van der Waals surface area contributed by atoms with Crippen molar-refractivity contribution in [2.75, 3.05) is 20.3 Å². The Morgan fingerprint density at radius 2 is 1.89 bits per heavy atom. The summed E-state index contributed by atoms with van der Waals surface area (Å²) in [6.07, 6.45) is 0.562. The summed E-state index contributed by atoms with van der Waals surface area (Å²) in [5.41, 5.74) is -0.0329. The van der Waals surface area contributed by atoms with Crippen LogP contribution in [-0.2, 0) is 7.05 Å². The number of aromatic nitrogens is 1. The molecule has 1 heterocycles. The lowest BCUT2D eigenvalue weighted by Gasteiger charge is -2.13. The molecule has 0 spiro atoms. The zero-order valence-electron chi connectivity index (χ0n) is 15.8. The number of benzene rings is 2. The van der Waals surface area contributed by atoms with Gasteiger partial charge in [0.2, 0.25) is 0 Å². The van der Waals surface area contributed by atoms with E-state index in [9.17, 15) is 14.7 Å². The SMILES string of the molecule is COc1cccc(OCCCNC(=O)c2c(O)c(=O)n(C)c3ccccc23)c1. The van der Waals surface area contributed by atoms with Crippen LogP contribution in [0.25, 0.3) is 10.9 Å². The summed E-state index contributed by atoms with van der Waals surface area (Å²) in [6.45, 7) is 0.739. The van der Waals surface area contributed by atoms with Crippen molar-refractivity contribution >= 4 is 16.8 Å². The molecule has 28 heavy (non-hydrogen) atoms. The number of carbonyl (C=O) groups is 1. The Hall–Kier alpha value is -3.48. The van der Waals surface area contributed by atoms with Crippen LogP contribution in [0.4, 0.5) is 0 Å². The van der Waals surface area contributed by atoms with Crippen molar-refractivity contribution in [3.05, 3.63) is 64.4 Å². The van der Waals surface area contributed by atoms with Crippen LogP contribution in [0, 0.1) is 0 Å². The molecule has 0 unspecified atom stereocenters. The van der Waals surface area contributed by atoms with Crippen LogP contribution in [-0.4, -0.2) is 35.8 Å². The fourth-order valence-electron chi connectivity index (χ4n) is 2.95. The maximum atomic E-state index is 12.6. The van der Waals surface area contributed by atoms with E-state index in [1.807, 2.05) is 18.2 Å². The molecule has 0 aliphatic heterocycles. The lowest BCUT2D eigenvalue weighted by Crippen LogP contribution is -2.28. The minimum absolute atomic E-state index is 0.00702. The van der Waals surface area contributed by atoms with E-state index in [0.29, 0.717) is 42.0 Å². The van der Waals surface area contributed by atoms with E-state index in [1.54, 1.807) is 44.5 Å². The second-order valence-corrected chi connectivity index (χ2v) is 6.24. The molecule has 0 atom stereocenters. The topological polar surface area (TPSA) is 89.8 Å². The van der Waals surface area contributed by atoms with Crippen molar-refractivity contribution in [2.45, 2.75) is 6.42 Å². The average molecular weight is 382 g/mol. The number of hydrogen-bond donors (Lipinski definition) is 2. The van der Waals surface area contributed by atoms with Gasteiger partial charge in [-0.2, -0.15) is 0 Å². The second kappa shape index (κ2) is 8.47. The normalized spacial score (nSPS) is 10.6. The van der Waals surface area contributed by atoms with Gasteiger partial charge in [-0.15, -0.1) is 0 Å². The number of aryl methyl sites for hydroxylation is 1. The lowest BCUT2D eigenvalue weighted by atomic mass is 10.1. The van der Waals surface area contributed by atoms with Crippen LogP contribution in [0.1, 0.15) is 16.8 Å². The van der Waals surface area contributed by atoms with Gasteiger partial charge in [0.15, 0.2) is 5.75 Å². The van der Waals surface area contributed by atoms with Crippen LogP contribution in [0.3, 0.4) is 0 Å². The van der Waals surface area contributed by atoms with E-state index in [1.165, 1.54) is 4.57 Å². The van der Waals surface area contributed by atoms with Crippen molar-refractivity contribution in [1.82, 2.24) is 9.88 Å². The van der Waals surface area contributed by atoms with E-state index in [2.05, 4.69) is 5.32 Å². The molecule has 7 heteroatoms. The smallest absolute Gasteiger partial charge is 0.293 e. The van der Waals surface area contributed by atoms with Gasteiger partial charge in [0.25, 0.3) is 11.5 Å². The number of fused-ring (bicyclic) bond motifs is 1. The Morgan fingerprint density at radius 1 is 1.14 bits per heavy atom.